The molecule has 1 unspecified atom stereocenters. The minimum atomic E-state index is -1.64. The Kier molecular flexibility index (Phi) is 10.8. The van der Waals surface area contributed by atoms with Gasteiger partial charge in [-0.3, -0.25) is 0 Å². The molecule has 1 aromatic rings. The third kappa shape index (κ3) is 8.54. The minimum absolute atomic E-state index is 0.503. The lowest BCUT2D eigenvalue weighted by Gasteiger charge is -2.25. The summed E-state index contributed by atoms with van der Waals surface area (Å²) in [5.41, 5.74) is 1.35. The van der Waals surface area contributed by atoms with E-state index in [1.165, 1.54) is 23.5 Å². The van der Waals surface area contributed by atoms with Gasteiger partial charge in [0, 0.05) is 5.25 Å². The topological polar surface area (TPSA) is 18.5 Å². The van der Waals surface area contributed by atoms with Crippen LogP contribution in [0.4, 0.5) is 0 Å². The normalized spacial score (nSPS) is 13.1. The van der Waals surface area contributed by atoms with Crippen LogP contribution in [0.2, 0.25) is 19.6 Å². The molecule has 25 heavy (non-hydrogen) atoms. The first kappa shape index (κ1) is 23.1. The Morgan fingerprint density at radius 2 is 1.52 bits per heavy atom. The molecular weight excluding hydrogens is 384 g/mol. The van der Waals surface area contributed by atoms with Crippen LogP contribution in [0.1, 0.15) is 38.0 Å². The zero-order valence-corrected chi connectivity index (χ0v) is 20.2. The molecule has 0 amide bonds. The van der Waals surface area contributed by atoms with Crippen LogP contribution in [0.25, 0.3) is 0 Å². The van der Waals surface area contributed by atoms with Crippen molar-refractivity contribution < 1.29 is 9.16 Å². The van der Waals surface area contributed by atoms with E-state index in [2.05, 4.69) is 82.1 Å². The van der Waals surface area contributed by atoms with Crippen LogP contribution in [0.15, 0.2) is 18.2 Å². The summed E-state index contributed by atoms with van der Waals surface area (Å²) in [7, 11) is 0.0920. The Morgan fingerprint density at radius 1 is 0.920 bits per heavy atom. The molecule has 0 aliphatic rings. The van der Waals surface area contributed by atoms with E-state index in [-0.39, 0.29) is 0 Å². The van der Waals surface area contributed by atoms with Gasteiger partial charge >= 0.3 is 0 Å². The van der Waals surface area contributed by atoms with Crippen molar-refractivity contribution in [3.63, 3.8) is 0 Å². The second-order valence-electron chi connectivity index (χ2n) is 6.64. The molecule has 0 spiro atoms. The summed E-state index contributed by atoms with van der Waals surface area (Å²) in [6.45, 7) is 13.3. The smallest absolute Gasteiger partial charge is 0.242 e. The lowest BCUT2D eigenvalue weighted by Crippen LogP contribution is -2.29. The highest BCUT2D eigenvalue weighted by molar-refractivity contribution is 8.17. The largest absolute Gasteiger partial charge is 0.542 e. The van der Waals surface area contributed by atoms with Gasteiger partial charge in [0.2, 0.25) is 8.32 Å². The number of ether oxygens (including phenoxy) is 1. The predicted molar refractivity (Wildman–Crippen MR) is 123 cm³/mol. The Hall–Kier alpha value is 0.0869. The fraction of sp³-hybridized carbons (Fsp3) is 0.684. The third-order valence-corrected chi connectivity index (χ3v) is 8.10. The maximum atomic E-state index is 6.18. The predicted octanol–water partition coefficient (Wildman–Crippen LogP) is 6.93. The quantitative estimate of drug-likeness (QED) is 0.270. The van der Waals surface area contributed by atoms with Crippen LogP contribution < -0.4 is 9.16 Å². The molecule has 1 rings (SSSR count). The van der Waals surface area contributed by atoms with E-state index in [0.29, 0.717) is 9.83 Å². The van der Waals surface area contributed by atoms with Gasteiger partial charge in [0.15, 0.2) is 5.75 Å². The van der Waals surface area contributed by atoms with Crippen molar-refractivity contribution in [1.29, 1.82) is 0 Å². The Balaban J connectivity index is 3.02. The monoisotopic (exact) mass is 418 g/mol. The number of benzene rings is 1. The summed E-state index contributed by atoms with van der Waals surface area (Å²) < 4.78 is 12.5. The summed E-state index contributed by atoms with van der Waals surface area (Å²) in [5, 5.41) is 0.503. The molecule has 0 heterocycles. The second kappa shape index (κ2) is 11.7. The van der Waals surface area contributed by atoms with Crippen molar-refractivity contribution in [2.45, 2.75) is 56.7 Å². The van der Waals surface area contributed by atoms with Crippen LogP contribution in [0.3, 0.4) is 0 Å². The van der Waals surface area contributed by atoms with Gasteiger partial charge in [-0.25, -0.2) is 0 Å². The summed E-state index contributed by atoms with van der Waals surface area (Å²) in [4.78, 5) is 0. The van der Waals surface area contributed by atoms with Crippen molar-refractivity contribution in [3.8, 4) is 11.5 Å². The number of hydrogen-bond donors (Lipinski definition) is 0. The van der Waals surface area contributed by atoms with E-state index >= 15 is 0 Å². The lowest BCUT2D eigenvalue weighted by molar-refractivity contribution is 0.391. The van der Waals surface area contributed by atoms with E-state index in [4.69, 9.17) is 9.16 Å². The molecule has 6 heteroatoms. The number of methoxy groups -OCH3 is 1. The standard InChI is InChI=1S/C19H34O2S3Si/c1-8-22-18(14-19(23-9-2)24-10-3)15-11-12-16(17(13-15)20-4)21-25(5,6)7/h11-13,18-19H,8-10,14H2,1-7H3. The minimum Gasteiger partial charge on any atom is -0.542 e. The molecule has 0 saturated carbocycles. The molecule has 0 aliphatic heterocycles. The van der Waals surface area contributed by atoms with Gasteiger partial charge in [-0.1, -0.05) is 26.8 Å². The fourth-order valence-corrected chi connectivity index (χ4v) is 7.27. The maximum absolute atomic E-state index is 6.18. The molecule has 0 fully saturated rings. The summed E-state index contributed by atoms with van der Waals surface area (Å²) in [6.07, 6.45) is 1.19. The van der Waals surface area contributed by atoms with Crippen LogP contribution in [0.5, 0.6) is 11.5 Å². The number of rotatable bonds is 12. The molecule has 0 aliphatic carbocycles. The molecule has 144 valence electrons. The highest BCUT2D eigenvalue weighted by atomic mass is 32.2. The molecule has 0 aromatic heterocycles. The summed E-state index contributed by atoms with van der Waals surface area (Å²) in [6, 6.07) is 6.52. The zero-order valence-electron chi connectivity index (χ0n) is 16.8. The van der Waals surface area contributed by atoms with Gasteiger partial charge in [0.1, 0.15) is 5.75 Å². The average Bonchev–Trinajstić information content (AvgIpc) is 2.54. The van der Waals surface area contributed by atoms with Crippen molar-refractivity contribution >= 4 is 43.6 Å². The molecule has 1 atom stereocenters. The highest BCUT2D eigenvalue weighted by Crippen LogP contribution is 2.42. The van der Waals surface area contributed by atoms with E-state index in [0.717, 1.165) is 17.3 Å². The lowest BCUT2D eigenvalue weighted by atomic mass is 10.1. The van der Waals surface area contributed by atoms with Crippen LogP contribution in [-0.2, 0) is 0 Å². The van der Waals surface area contributed by atoms with Gasteiger partial charge in [0.25, 0.3) is 0 Å². The maximum Gasteiger partial charge on any atom is 0.242 e. The molecule has 0 radical (unpaired) electrons. The fourth-order valence-electron chi connectivity index (χ4n) is 2.53. The third-order valence-electron chi connectivity index (χ3n) is 3.46. The van der Waals surface area contributed by atoms with E-state index in [1.54, 1.807) is 7.11 Å². The van der Waals surface area contributed by atoms with Gasteiger partial charge in [0.05, 0.1) is 11.7 Å². The molecular formula is C19H34O2S3Si. The second-order valence-corrected chi connectivity index (χ2v) is 15.8. The zero-order chi connectivity index (χ0) is 18.9. The Morgan fingerprint density at radius 3 is 2.00 bits per heavy atom. The van der Waals surface area contributed by atoms with Gasteiger partial charge in [-0.05, 0) is 61.0 Å². The van der Waals surface area contributed by atoms with Gasteiger partial charge in [-0.2, -0.15) is 11.8 Å². The summed E-state index contributed by atoms with van der Waals surface area (Å²) >= 11 is 6.17. The highest BCUT2D eigenvalue weighted by Gasteiger charge is 2.22. The number of hydrogen-bond acceptors (Lipinski definition) is 5. The Bertz CT molecular complexity index is 500. The average molecular weight is 419 g/mol. The van der Waals surface area contributed by atoms with Crippen LogP contribution in [0, 0.1) is 0 Å². The number of thioether (sulfide) groups is 3. The van der Waals surface area contributed by atoms with E-state index < -0.39 is 8.32 Å². The van der Waals surface area contributed by atoms with Crippen molar-refractivity contribution in [2.75, 3.05) is 24.4 Å². The Labute approximate surface area is 168 Å². The van der Waals surface area contributed by atoms with Crippen LogP contribution >= 0.6 is 35.3 Å². The first-order valence-electron chi connectivity index (χ1n) is 9.06. The molecule has 1 aromatic carbocycles. The molecule has 2 nitrogen and oxygen atoms in total. The SMILES string of the molecule is CCSC(CC(SCC)c1ccc(O[Si](C)(C)C)c(OC)c1)SCC. The summed E-state index contributed by atoms with van der Waals surface area (Å²) in [5.74, 6) is 5.22. The molecule has 0 bridgehead atoms. The van der Waals surface area contributed by atoms with E-state index in [1.807, 2.05) is 11.8 Å². The van der Waals surface area contributed by atoms with Crippen molar-refractivity contribution in [1.82, 2.24) is 0 Å². The first-order chi connectivity index (χ1) is 11.8. The van der Waals surface area contributed by atoms with Crippen molar-refractivity contribution in [2.24, 2.45) is 0 Å². The first-order valence-corrected chi connectivity index (χ1v) is 15.6. The van der Waals surface area contributed by atoms with Crippen molar-refractivity contribution in [3.05, 3.63) is 23.8 Å². The molecule has 0 saturated heterocycles. The van der Waals surface area contributed by atoms with E-state index in [9.17, 15) is 0 Å². The van der Waals surface area contributed by atoms with Crippen LogP contribution in [-0.4, -0.2) is 37.3 Å². The van der Waals surface area contributed by atoms with Gasteiger partial charge in [-0.15, -0.1) is 23.5 Å². The van der Waals surface area contributed by atoms with Gasteiger partial charge < -0.3 is 9.16 Å². The molecule has 0 N–H and O–H groups in total.